The molecule has 1 atom stereocenters. The average molecular weight is 267 g/mol. The molecule has 108 valence electrons. The normalized spacial score (nSPS) is 18.9. The van der Waals surface area contributed by atoms with E-state index in [1.165, 1.54) is 0 Å². The van der Waals surface area contributed by atoms with Crippen LogP contribution in [0, 0.1) is 5.92 Å². The van der Waals surface area contributed by atoms with E-state index >= 15 is 0 Å². The largest absolute Gasteiger partial charge is 0.381 e. The van der Waals surface area contributed by atoms with Gasteiger partial charge in [-0.25, -0.2) is 0 Å². The van der Waals surface area contributed by atoms with Gasteiger partial charge in [-0.2, -0.15) is 4.98 Å². The maximum absolute atomic E-state index is 5.40. The van der Waals surface area contributed by atoms with Gasteiger partial charge in [-0.1, -0.05) is 25.9 Å². The Morgan fingerprint density at radius 3 is 2.68 bits per heavy atom. The summed E-state index contributed by atoms with van der Waals surface area (Å²) in [7, 11) is 0. The van der Waals surface area contributed by atoms with E-state index in [0.29, 0.717) is 17.9 Å². The lowest BCUT2D eigenvalue weighted by molar-refractivity contribution is 0.0830. The molecule has 1 aromatic rings. The quantitative estimate of drug-likeness (QED) is 0.855. The molecule has 1 N–H and O–H groups in total. The summed E-state index contributed by atoms with van der Waals surface area (Å²) in [5.41, 5.74) is 0. The molecular weight excluding hydrogens is 242 g/mol. The molecule has 5 nitrogen and oxygen atoms in total. The standard InChI is InChI=1S/C14H25N3O2/c1-4-15-12(10(2)3)9-13-16-14(17-19-13)11-5-7-18-8-6-11/h10-12,15H,4-9H2,1-3H3. The molecule has 1 saturated heterocycles. The topological polar surface area (TPSA) is 60.2 Å². The van der Waals surface area contributed by atoms with Crippen LogP contribution >= 0.6 is 0 Å². The van der Waals surface area contributed by atoms with Crippen LogP contribution in [0.5, 0.6) is 0 Å². The van der Waals surface area contributed by atoms with Crippen LogP contribution in [0.2, 0.25) is 0 Å². The van der Waals surface area contributed by atoms with Crippen LogP contribution in [0.4, 0.5) is 0 Å². The van der Waals surface area contributed by atoms with Gasteiger partial charge in [0.1, 0.15) is 0 Å². The summed E-state index contributed by atoms with van der Waals surface area (Å²) in [5.74, 6) is 2.57. The first kappa shape index (κ1) is 14.5. The predicted molar refractivity (Wildman–Crippen MR) is 73.1 cm³/mol. The van der Waals surface area contributed by atoms with Gasteiger partial charge in [0, 0.05) is 31.6 Å². The molecule has 2 rings (SSSR count). The van der Waals surface area contributed by atoms with Gasteiger partial charge in [0.25, 0.3) is 0 Å². The molecule has 1 aliphatic rings. The fourth-order valence-corrected chi connectivity index (χ4v) is 2.47. The minimum Gasteiger partial charge on any atom is -0.381 e. The molecule has 1 fully saturated rings. The third-order valence-corrected chi connectivity index (χ3v) is 3.74. The van der Waals surface area contributed by atoms with Crippen LogP contribution in [-0.2, 0) is 11.2 Å². The average Bonchev–Trinajstić information content (AvgIpc) is 2.88. The summed E-state index contributed by atoms with van der Waals surface area (Å²) in [6.45, 7) is 9.12. The minimum atomic E-state index is 0.396. The smallest absolute Gasteiger partial charge is 0.228 e. The number of rotatable bonds is 6. The van der Waals surface area contributed by atoms with Gasteiger partial charge in [0.2, 0.25) is 5.89 Å². The molecule has 0 saturated carbocycles. The molecule has 0 bridgehead atoms. The van der Waals surface area contributed by atoms with Crippen molar-refractivity contribution in [3.8, 4) is 0 Å². The van der Waals surface area contributed by atoms with Crippen molar-refractivity contribution in [3.63, 3.8) is 0 Å². The van der Waals surface area contributed by atoms with Crippen LogP contribution in [0.15, 0.2) is 4.52 Å². The second-order valence-electron chi connectivity index (χ2n) is 5.55. The van der Waals surface area contributed by atoms with Gasteiger partial charge in [-0.3, -0.25) is 0 Å². The molecule has 0 aromatic carbocycles. The van der Waals surface area contributed by atoms with E-state index in [1.54, 1.807) is 0 Å². The molecule has 0 spiro atoms. The van der Waals surface area contributed by atoms with Gasteiger partial charge < -0.3 is 14.6 Å². The highest BCUT2D eigenvalue weighted by atomic mass is 16.5. The Labute approximate surface area is 115 Å². The van der Waals surface area contributed by atoms with E-state index < -0.39 is 0 Å². The van der Waals surface area contributed by atoms with Crippen molar-refractivity contribution in [3.05, 3.63) is 11.7 Å². The zero-order chi connectivity index (χ0) is 13.7. The van der Waals surface area contributed by atoms with Crippen molar-refractivity contribution in [1.29, 1.82) is 0 Å². The maximum atomic E-state index is 5.40. The second kappa shape index (κ2) is 7.01. The Hall–Kier alpha value is -0.940. The van der Waals surface area contributed by atoms with Crippen molar-refractivity contribution >= 4 is 0 Å². The van der Waals surface area contributed by atoms with E-state index in [1.807, 2.05) is 0 Å². The molecule has 5 heteroatoms. The van der Waals surface area contributed by atoms with Crippen molar-refractivity contribution in [1.82, 2.24) is 15.5 Å². The Kier molecular flexibility index (Phi) is 5.34. The van der Waals surface area contributed by atoms with Crippen molar-refractivity contribution in [2.45, 2.75) is 52.0 Å². The maximum Gasteiger partial charge on any atom is 0.228 e. The van der Waals surface area contributed by atoms with Crippen molar-refractivity contribution in [2.75, 3.05) is 19.8 Å². The summed E-state index contributed by atoms with van der Waals surface area (Å²) >= 11 is 0. The molecule has 1 aromatic heterocycles. The Balaban J connectivity index is 1.95. The molecule has 19 heavy (non-hydrogen) atoms. The van der Waals surface area contributed by atoms with Gasteiger partial charge >= 0.3 is 0 Å². The molecule has 2 heterocycles. The molecule has 0 radical (unpaired) electrons. The number of nitrogens with zero attached hydrogens (tertiary/aromatic N) is 2. The molecular formula is C14H25N3O2. The Morgan fingerprint density at radius 2 is 2.05 bits per heavy atom. The number of ether oxygens (including phenoxy) is 1. The number of hydrogen-bond donors (Lipinski definition) is 1. The molecule has 0 aliphatic carbocycles. The summed E-state index contributed by atoms with van der Waals surface area (Å²) in [6.07, 6.45) is 2.81. The van der Waals surface area contributed by atoms with E-state index in [-0.39, 0.29) is 0 Å². The van der Waals surface area contributed by atoms with Crippen LogP contribution < -0.4 is 5.32 Å². The third kappa shape index (κ3) is 4.01. The highest BCUT2D eigenvalue weighted by Gasteiger charge is 2.23. The van der Waals surface area contributed by atoms with Crippen molar-refractivity contribution in [2.24, 2.45) is 5.92 Å². The molecule has 0 amide bonds. The first-order chi connectivity index (χ1) is 9.20. The van der Waals surface area contributed by atoms with E-state index in [4.69, 9.17) is 9.26 Å². The fraction of sp³-hybridized carbons (Fsp3) is 0.857. The fourth-order valence-electron chi connectivity index (χ4n) is 2.47. The van der Waals surface area contributed by atoms with Gasteiger partial charge in [0.05, 0.1) is 0 Å². The van der Waals surface area contributed by atoms with Crippen LogP contribution in [0.1, 0.15) is 51.2 Å². The van der Waals surface area contributed by atoms with Gasteiger partial charge in [0.15, 0.2) is 5.82 Å². The molecule has 1 aliphatic heterocycles. The first-order valence-corrected chi connectivity index (χ1v) is 7.34. The lowest BCUT2D eigenvalue weighted by Crippen LogP contribution is -2.35. The van der Waals surface area contributed by atoms with E-state index in [9.17, 15) is 0 Å². The number of aromatic nitrogens is 2. The lowest BCUT2D eigenvalue weighted by atomic mass is 9.99. The summed E-state index contributed by atoms with van der Waals surface area (Å²) in [4.78, 5) is 4.57. The molecule has 1 unspecified atom stereocenters. The van der Waals surface area contributed by atoms with Crippen LogP contribution in [-0.4, -0.2) is 35.9 Å². The number of hydrogen-bond acceptors (Lipinski definition) is 5. The SMILES string of the molecule is CCNC(Cc1nc(C2CCOCC2)no1)C(C)C. The monoisotopic (exact) mass is 267 g/mol. The highest BCUT2D eigenvalue weighted by Crippen LogP contribution is 2.24. The zero-order valence-corrected chi connectivity index (χ0v) is 12.2. The minimum absolute atomic E-state index is 0.396. The number of likely N-dealkylation sites (N-methyl/N-ethyl adjacent to an activating group) is 1. The summed E-state index contributed by atoms with van der Waals surface area (Å²) in [5, 5.41) is 7.61. The van der Waals surface area contributed by atoms with E-state index in [0.717, 1.165) is 50.7 Å². The Bertz CT molecular complexity index is 373. The second-order valence-corrected chi connectivity index (χ2v) is 5.55. The van der Waals surface area contributed by atoms with Crippen molar-refractivity contribution < 1.29 is 9.26 Å². The van der Waals surface area contributed by atoms with Crippen LogP contribution in [0.3, 0.4) is 0 Å². The van der Waals surface area contributed by atoms with E-state index in [2.05, 4.69) is 36.2 Å². The number of nitrogens with one attached hydrogen (secondary N) is 1. The predicted octanol–water partition coefficient (Wildman–Crippen LogP) is 2.14. The summed E-state index contributed by atoms with van der Waals surface area (Å²) < 4.78 is 10.8. The zero-order valence-electron chi connectivity index (χ0n) is 12.2. The highest BCUT2D eigenvalue weighted by molar-refractivity contribution is 4.98. The summed E-state index contributed by atoms with van der Waals surface area (Å²) in [6, 6.07) is 0.396. The third-order valence-electron chi connectivity index (χ3n) is 3.74. The van der Waals surface area contributed by atoms with Gasteiger partial charge in [-0.05, 0) is 25.3 Å². The first-order valence-electron chi connectivity index (χ1n) is 7.34. The lowest BCUT2D eigenvalue weighted by Gasteiger charge is -2.20. The van der Waals surface area contributed by atoms with Gasteiger partial charge in [-0.15, -0.1) is 0 Å². The Morgan fingerprint density at radius 1 is 1.32 bits per heavy atom. The van der Waals surface area contributed by atoms with Crippen LogP contribution in [0.25, 0.3) is 0 Å².